The van der Waals surface area contributed by atoms with E-state index in [1.54, 1.807) is 6.92 Å². The van der Waals surface area contributed by atoms with E-state index in [1.807, 2.05) is 0 Å². The van der Waals surface area contributed by atoms with Crippen molar-refractivity contribution in [3.05, 3.63) is 29.8 Å². The van der Waals surface area contributed by atoms with Gasteiger partial charge in [-0.05, 0) is 24.6 Å². The van der Waals surface area contributed by atoms with E-state index in [4.69, 9.17) is 14.9 Å². The van der Waals surface area contributed by atoms with Gasteiger partial charge in [-0.15, -0.1) is 0 Å². The van der Waals surface area contributed by atoms with Gasteiger partial charge < -0.3 is 14.9 Å². The fraction of sp³-hybridized carbons (Fsp3) is 0.300. The molecule has 76 valence electrons. The zero-order valence-corrected chi connectivity index (χ0v) is 7.80. The Kier molecular flexibility index (Phi) is 3.48. The average molecular weight is 196 g/mol. The maximum Gasteiger partial charge on any atom is 0.337 e. The van der Waals surface area contributed by atoms with Crippen LogP contribution < -0.4 is 0 Å². The van der Waals surface area contributed by atoms with Crippen LogP contribution in [0.5, 0.6) is 5.75 Å². The molecule has 4 heteroatoms. The number of aromatic hydroxyl groups is 1. The minimum atomic E-state index is -1.03. The summed E-state index contributed by atoms with van der Waals surface area (Å²) in [6.45, 7) is 2.06. The highest BCUT2D eigenvalue weighted by atomic mass is 16.5. The monoisotopic (exact) mass is 196 g/mol. The van der Waals surface area contributed by atoms with E-state index in [1.165, 1.54) is 24.3 Å². The van der Waals surface area contributed by atoms with Crippen LogP contribution in [0.3, 0.4) is 0 Å². The topological polar surface area (TPSA) is 66.8 Å². The number of phenolic OH excluding ortho intramolecular Hbond substituents is 1. The number of rotatable bonds is 4. The van der Waals surface area contributed by atoms with Gasteiger partial charge >= 0.3 is 5.97 Å². The number of phenols is 1. The van der Waals surface area contributed by atoms with Crippen molar-refractivity contribution in [3.8, 4) is 5.75 Å². The van der Waals surface area contributed by atoms with Crippen LogP contribution in [0, 0.1) is 0 Å². The number of carbonyl (C=O) groups is 1. The molecular weight excluding hydrogens is 184 g/mol. The zero-order chi connectivity index (χ0) is 10.6. The summed E-state index contributed by atoms with van der Waals surface area (Å²) in [6.07, 6.45) is -0.958. The second-order valence-corrected chi connectivity index (χ2v) is 2.77. The molecule has 1 aromatic carbocycles. The second kappa shape index (κ2) is 4.62. The first-order chi connectivity index (χ1) is 6.65. The van der Waals surface area contributed by atoms with Gasteiger partial charge in [-0.2, -0.15) is 0 Å². The largest absolute Gasteiger partial charge is 0.508 e. The molecule has 1 aromatic rings. The van der Waals surface area contributed by atoms with E-state index in [2.05, 4.69) is 0 Å². The Bertz CT molecular complexity index is 304. The van der Waals surface area contributed by atoms with Crippen molar-refractivity contribution >= 4 is 5.97 Å². The molecule has 0 radical (unpaired) electrons. The summed E-state index contributed by atoms with van der Waals surface area (Å²) in [4.78, 5) is 10.8. The molecule has 0 fully saturated rings. The molecule has 0 aromatic heterocycles. The van der Waals surface area contributed by atoms with Crippen LogP contribution >= 0.6 is 0 Å². The van der Waals surface area contributed by atoms with Gasteiger partial charge in [-0.3, -0.25) is 0 Å². The molecule has 2 N–H and O–H groups in total. The lowest BCUT2D eigenvalue weighted by atomic mass is 10.1. The highest BCUT2D eigenvalue weighted by molar-refractivity contribution is 5.74. The Morgan fingerprint density at radius 3 is 2.43 bits per heavy atom. The SMILES string of the molecule is CCO[C@@H](C(=O)O)c1ccc(O)cc1. The molecule has 0 heterocycles. The normalized spacial score (nSPS) is 12.4. The number of carboxylic acids is 1. The van der Waals surface area contributed by atoms with Crippen molar-refractivity contribution in [1.82, 2.24) is 0 Å². The van der Waals surface area contributed by atoms with Crippen LogP contribution in [0.25, 0.3) is 0 Å². The van der Waals surface area contributed by atoms with E-state index >= 15 is 0 Å². The van der Waals surface area contributed by atoms with Crippen LogP contribution in [-0.4, -0.2) is 22.8 Å². The average Bonchev–Trinajstić information content (AvgIpc) is 2.15. The second-order valence-electron chi connectivity index (χ2n) is 2.77. The van der Waals surface area contributed by atoms with Gasteiger partial charge in [0.05, 0.1) is 0 Å². The number of ether oxygens (including phenoxy) is 1. The van der Waals surface area contributed by atoms with Crippen LogP contribution in [0.4, 0.5) is 0 Å². The maximum atomic E-state index is 10.8. The zero-order valence-electron chi connectivity index (χ0n) is 7.80. The predicted molar refractivity (Wildman–Crippen MR) is 50.1 cm³/mol. The predicted octanol–water partition coefficient (Wildman–Crippen LogP) is 1.55. The summed E-state index contributed by atoms with van der Waals surface area (Å²) in [6, 6.07) is 5.93. The molecule has 0 saturated carbocycles. The lowest BCUT2D eigenvalue weighted by Gasteiger charge is -2.12. The maximum absolute atomic E-state index is 10.8. The van der Waals surface area contributed by atoms with Crippen molar-refractivity contribution in [2.45, 2.75) is 13.0 Å². The van der Waals surface area contributed by atoms with Crippen molar-refractivity contribution in [2.75, 3.05) is 6.61 Å². The molecule has 0 aliphatic rings. The van der Waals surface area contributed by atoms with Crippen LogP contribution in [-0.2, 0) is 9.53 Å². The molecule has 14 heavy (non-hydrogen) atoms. The van der Waals surface area contributed by atoms with Gasteiger partial charge in [0.25, 0.3) is 0 Å². The summed E-state index contributed by atoms with van der Waals surface area (Å²) >= 11 is 0. The quantitative estimate of drug-likeness (QED) is 0.766. The number of hydrogen-bond donors (Lipinski definition) is 2. The first-order valence-electron chi connectivity index (χ1n) is 4.28. The summed E-state index contributed by atoms with van der Waals surface area (Å²) in [7, 11) is 0. The first-order valence-corrected chi connectivity index (χ1v) is 4.28. The van der Waals surface area contributed by atoms with Gasteiger partial charge in [0, 0.05) is 6.61 Å². The number of hydrogen-bond acceptors (Lipinski definition) is 3. The summed E-state index contributed by atoms with van der Waals surface area (Å²) < 4.78 is 5.05. The van der Waals surface area contributed by atoms with E-state index in [9.17, 15) is 4.79 Å². The lowest BCUT2D eigenvalue weighted by Crippen LogP contribution is -2.15. The Hall–Kier alpha value is -1.55. The number of aliphatic carboxylic acids is 1. The minimum Gasteiger partial charge on any atom is -0.508 e. The molecular formula is C10H12O4. The summed E-state index contributed by atoms with van der Waals surface area (Å²) in [5.74, 6) is -0.924. The van der Waals surface area contributed by atoms with E-state index in [-0.39, 0.29) is 5.75 Å². The first kappa shape index (κ1) is 10.5. The van der Waals surface area contributed by atoms with Crippen molar-refractivity contribution < 1.29 is 19.7 Å². The fourth-order valence-corrected chi connectivity index (χ4v) is 1.13. The molecule has 0 unspecified atom stereocenters. The highest BCUT2D eigenvalue weighted by Gasteiger charge is 2.19. The van der Waals surface area contributed by atoms with E-state index in [0.29, 0.717) is 12.2 Å². The van der Waals surface area contributed by atoms with Crippen molar-refractivity contribution in [2.24, 2.45) is 0 Å². The summed E-state index contributed by atoms with van der Waals surface area (Å²) in [5, 5.41) is 17.9. The Labute approximate surface area is 81.8 Å². The smallest absolute Gasteiger partial charge is 0.337 e. The Morgan fingerprint density at radius 2 is 2.00 bits per heavy atom. The molecule has 0 amide bonds. The lowest BCUT2D eigenvalue weighted by molar-refractivity contribution is -0.150. The van der Waals surface area contributed by atoms with Crippen LogP contribution in [0.1, 0.15) is 18.6 Å². The van der Waals surface area contributed by atoms with Gasteiger partial charge in [0.2, 0.25) is 0 Å². The molecule has 0 spiro atoms. The number of benzene rings is 1. The van der Waals surface area contributed by atoms with E-state index < -0.39 is 12.1 Å². The Morgan fingerprint density at radius 1 is 1.43 bits per heavy atom. The van der Waals surface area contributed by atoms with Crippen LogP contribution in [0.15, 0.2) is 24.3 Å². The molecule has 0 saturated heterocycles. The fourth-order valence-electron chi connectivity index (χ4n) is 1.13. The van der Waals surface area contributed by atoms with Crippen molar-refractivity contribution in [1.29, 1.82) is 0 Å². The molecule has 0 aliphatic heterocycles. The molecule has 0 bridgehead atoms. The summed E-state index contributed by atoms with van der Waals surface area (Å²) in [5.41, 5.74) is 0.525. The minimum absolute atomic E-state index is 0.106. The third-order valence-electron chi connectivity index (χ3n) is 1.75. The van der Waals surface area contributed by atoms with Crippen LogP contribution in [0.2, 0.25) is 0 Å². The van der Waals surface area contributed by atoms with Crippen molar-refractivity contribution in [3.63, 3.8) is 0 Å². The molecule has 1 rings (SSSR count). The van der Waals surface area contributed by atoms with Gasteiger partial charge in [-0.1, -0.05) is 12.1 Å². The molecule has 4 nitrogen and oxygen atoms in total. The van der Waals surface area contributed by atoms with E-state index in [0.717, 1.165) is 0 Å². The third-order valence-corrected chi connectivity index (χ3v) is 1.75. The number of carboxylic acid groups (broad SMARTS) is 1. The van der Waals surface area contributed by atoms with Gasteiger partial charge in [0.15, 0.2) is 6.10 Å². The highest BCUT2D eigenvalue weighted by Crippen LogP contribution is 2.20. The Balaban J connectivity index is 2.87. The molecule has 0 aliphatic carbocycles. The van der Waals surface area contributed by atoms with Gasteiger partial charge in [-0.25, -0.2) is 4.79 Å². The third kappa shape index (κ3) is 2.47. The van der Waals surface area contributed by atoms with Gasteiger partial charge in [0.1, 0.15) is 5.75 Å². The molecule has 1 atom stereocenters. The standard InChI is InChI=1S/C10H12O4/c1-2-14-9(10(12)13)7-3-5-8(11)6-4-7/h3-6,9,11H,2H2,1H3,(H,12,13)/t9-/m1/s1.